The summed E-state index contributed by atoms with van der Waals surface area (Å²) in [5.41, 5.74) is 0. The van der Waals surface area contributed by atoms with Gasteiger partial charge in [0.1, 0.15) is 18.5 Å². The molecule has 1 fully saturated rings. The van der Waals surface area contributed by atoms with Crippen LogP contribution in [0.15, 0.2) is 24.3 Å². The summed E-state index contributed by atoms with van der Waals surface area (Å²) in [6, 6.07) is 0. The molecule has 0 aromatic carbocycles. The van der Waals surface area contributed by atoms with E-state index >= 15 is 0 Å². The van der Waals surface area contributed by atoms with Gasteiger partial charge in [0.05, 0.1) is 32.0 Å². The zero-order valence-electron chi connectivity index (χ0n) is 35.9. The Morgan fingerprint density at radius 1 is 0.793 bits per heavy atom. The van der Waals surface area contributed by atoms with Crippen LogP contribution in [0.3, 0.4) is 0 Å². The van der Waals surface area contributed by atoms with E-state index in [0.717, 1.165) is 44.4 Å². The number of phosphoric acid groups is 1. The van der Waals surface area contributed by atoms with Crippen LogP contribution in [0.1, 0.15) is 168 Å². The van der Waals surface area contributed by atoms with Gasteiger partial charge in [-0.15, -0.1) is 0 Å². The van der Waals surface area contributed by atoms with Crippen molar-refractivity contribution in [3.63, 3.8) is 0 Å². The van der Waals surface area contributed by atoms with Crippen molar-refractivity contribution in [2.75, 3.05) is 26.4 Å². The normalized spacial score (nSPS) is 19.9. The number of ketones is 1. The van der Waals surface area contributed by atoms with Crippen molar-refractivity contribution in [3.05, 3.63) is 24.3 Å². The lowest BCUT2D eigenvalue weighted by Crippen LogP contribution is -2.29. The first-order chi connectivity index (χ1) is 27.8. The number of esters is 2. The molecule has 7 atom stereocenters. The van der Waals surface area contributed by atoms with Crippen LogP contribution in [0.5, 0.6) is 0 Å². The number of carbonyl (C=O) groups is 3. The number of rotatable bonds is 37. The summed E-state index contributed by atoms with van der Waals surface area (Å²) in [4.78, 5) is 47.7. The first kappa shape index (κ1) is 54.1. The molecule has 0 aliphatic heterocycles. The zero-order chi connectivity index (χ0) is 43.0. The fraction of sp³-hybridized carbons (Fsp3) is 0.841. The van der Waals surface area contributed by atoms with Crippen LogP contribution in [0.4, 0.5) is 0 Å². The van der Waals surface area contributed by atoms with Gasteiger partial charge < -0.3 is 34.8 Å². The molecule has 0 spiro atoms. The average molecular weight is 847 g/mol. The maximum atomic E-state index is 12.7. The summed E-state index contributed by atoms with van der Waals surface area (Å²) in [6.07, 6.45) is 23.7. The molecule has 0 bridgehead atoms. The Hall–Kier alpha value is -1.96. The molecular formula is C44H79O13P. The minimum absolute atomic E-state index is 0.0421. The second kappa shape index (κ2) is 33.7. The Bertz CT molecular complexity index is 1190. The summed E-state index contributed by atoms with van der Waals surface area (Å²) in [7, 11) is -4.68. The minimum Gasteiger partial charge on any atom is -0.462 e. The highest BCUT2D eigenvalue weighted by Gasteiger charge is 2.39. The Balaban J connectivity index is 2.46. The molecule has 1 saturated carbocycles. The highest BCUT2D eigenvalue weighted by atomic mass is 31.2. The van der Waals surface area contributed by atoms with Crippen LogP contribution < -0.4 is 0 Å². The summed E-state index contributed by atoms with van der Waals surface area (Å²) in [5.74, 6) is -1.11. The fourth-order valence-electron chi connectivity index (χ4n) is 6.86. The van der Waals surface area contributed by atoms with Crippen molar-refractivity contribution in [2.24, 2.45) is 17.8 Å². The molecule has 5 N–H and O–H groups in total. The van der Waals surface area contributed by atoms with E-state index in [9.17, 15) is 39.2 Å². The molecular weight excluding hydrogens is 767 g/mol. The first-order valence-corrected chi connectivity index (χ1v) is 23.7. The molecule has 338 valence electrons. The number of hydrogen-bond donors (Lipinski definition) is 5. The van der Waals surface area contributed by atoms with Gasteiger partial charge in [-0.2, -0.15) is 0 Å². The fourth-order valence-corrected chi connectivity index (χ4v) is 7.65. The van der Waals surface area contributed by atoms with Gasteiger partial charge in [0, 0.05) is 31.1 Å². The first-order valence-electron chi connectivity index (χ1n) is 22.3. The molecule has 13 nitrogen and oxygen atoms in total. The lowest BCUT2D eigenvalue weighted by Gasteiger charge is -2.20. The number of carbonyl (C=O) groups excluding carboxylic acids is 3. The van der Waals surface area contributed by atoms with Crippen LogP contribution in [-0.4, -0.2) is 93.9 Å². The minimum atomic E-state index is -4.68. The van der Waals surface area contributed by atoms with E-state index < -0.39 is 76.5 Å². The number of hydrogen-bond acceptors (Lipinski definition) is 12. The molecule has 14 heteroatoms. The third-order valence-electron chi connectivity index (χ3n) is 10.4. The van der Waals surface area contributed by atoms with Crippen molar-refractivity contribution < 1.29 is 62.8 Å². The second-order valence-electron chi connectivity index (χ2n) is 16.3. The van der Waals surface area contributed by atoms with Crippen LogP contribution in [0.2, 0.25) is 0 Å². The van der Waals surface area contributed by atoms with Crippen molar-refractivity contribution in [2.45, 2.75) is 193 Å². The quantitative estimate of drug-likeness (QED) is 0.0173. The maximum absolute atomic E-state index is 12.7. The van der Waals surface area contributed by atoms with E-state index in [1.54, 1.807) is 12.2 Å². The second-order valence-corrected chi connectivity index (χ2v) is 17.8. The van der Waals surface area contributed by atoms with E-state index in [1.807, 2.05) is 12.2 Å². The third kappa shape index (κ3) is 28.5. The Labute approximate surface area is 349 Å². The lowest BCUT2D eigenvalue weighted by molar-refractivity contribution is -0.161. The number of phosphoric ester groups is 1. The molecule has 58 heavy (non-hydrogen) atoms. The number of unbranched alkanes of at least 4 members (excludes halogenated alkanes) is 14. The molecule has 0 aromatic heterocycles. The van der Waals surface area contributed by atoms with Crippen molar-refractivity contribution in [1.82, 2.24) is 0 Å². The maximum Gasteiger partial charge on any atom is 0.472 e. The van der Waals surface area contributed by atoms with Crippen LogP contribution in [-0.2, 0) is 37.5 Å². The molecule has 1 aliphatic rings. The topological polar surface area (TPSA) is 206 Å². The number of ether oxygens (including phenoxy) is 2. The standard InChI is InChI=1S/C44H79O13P/c1-4-5-18-24-36(46)28-29-40-39(41(48)30-42(40)49)25-20-16-17-21-26-43(50)54-33-38(34-56-58(52,53)55-32-37(47)31-45)57-44(51)27-22-15-13-11-9-7-6-8-10-12-14-19-23-35(2)3/h16,20,28-29,35-41,45-48H,4-15,17-19,21-27,30-34H2,1-3H3,(H,52,53)/b20-16-,29-28+/t36-,37-,38+,39+,40+,41-/m0/s1. The van der Waals surface area contributed by atoms with Gasteiger partial charge in [-0.3, -0.25) is 23.4 Å². The Morgan fingerprint density at radius 2 is 1.38 bits per heavy atom. The van der Waals surface area contributed by atoms with Crippen LogP contribution in [0.25, 0.3) is 0 Å². The summed E-state index contributed by atoms with van der Waals surface area (Å²) < 4.78 is 32.7. The van der Waals surface area contributed by atoms with Gasteiger partial charge in [-0.05, 0) is 38.0 Å². The SMILES string of the molecule is CCCCC[C@H](O)/C=C/[C@H]1C(=O)C[C@H](O)[C@@H]1C/C=C\CCCC(=O)OC[C@H](COP(=O)(O)OC[C@@H](O)CO)OC(=O)CCCCCCCCCCCCCCC(C)C. The molecule has 1 aliphatic carbocycles. The summed E-state index contributed by atoms with van der Waals surface area (Å²) in [6.45, 7) is 4.29. The number of aliphatic hydroxyl groups is 4. The Kier molecular flexibility index (Phi) is 31.4. The highest BCUT2D eigenvalue weighted by molar-refractivity contribution is 7.47. The van der Waals surface area contributed by atoms with Gasteiger partial charge in [0.25, 0.3) is 0 Å². The van der Waals surface area contributed by atoms with Gasteiger partial charge >= 0.3 is 19.8 Å². The molecule has 1 unspecified atom stereocenters. The predicted molar refractivity (Wildman–Crippen MR) is 225 cm³/mol. The van der Waals surface area contributed by atoms with E-state index in [-0.39, 0.29) is 31.0 Å². The monoisotopic (exact) mass is 847 g/mol. The van der Waals surface area contributed by atoms with E-state index in [1.165, 1.54) is 57.8 Å². The third-order valence-corrected chi connectivity index (χ3v) is 11.4. The van der Waals surface area contributed by atoms with Gasteiger partial charge in [-0.25, -0.2) is 4.57 Å². The smallest absolute Gasteiger partial charge is 0.462 e. The molecule has 0 amide bonds. The van der Waals surface area contributed by atoms with Gasteiger partial charge in [0.2, 0.25) is 0 Å². The number of allylic oxidation sites excluding steroid dienone is 3. The van der Waals surface area contributed by atoms with E-state index in [4.69, 9.17) is 19.1 Å². The van der Waals surface area contributed by atoms with Gasteiger partial charge in [-0.1, -0.05) is 141 Å². The number of aliphatic hydroxyl groups excluding tert-OH is 4. The molecule has 0 radical (unpaired) electrons. The van der Waals surface area contributed by atoms with Crippen LogP contribution >= 0.6 is 7.82 Å². The van der Waals surface area contributed by atoms with Crippen molar-refractivity contribution in [3.8, 4) is 0 Å². The van der Waals surface area contributed by atoms with Crippen molar-refractivity contribution >= 4 is 25.5 Å². The predicted octanol–water partition coefficient (Wildman–Crippen LogP) is 8.23. The largest absolute Gasteiger partial charge is 0.472 e. The average Bonchev–Trinajstić information content (AvgIpc) is 3.45. The van der Waals surface area contributed by atoms with E-state index in [2.05, 4.69) is 25.3 Å². The Morgan fingerprint density at radius 3 is 2.00 bits per heavy atom. The lowest BCUT2D eigenvalue weighted by atomic mass is 9.90. The van der Waals surface area contributed by atoms with Crippen LogP contribution in [0, 0.1) is 17.8 Å². The number of Topliss-reactive ketones (excluding diaryl/α,β-unsaturated/α-hetero) is 1. The molecule has 1 rings (SSSR count). The van der Waals surface area contributed by atoms with Gasteiger partial charge in [0.15, 0.2) is 6.10 Å². The molecule has 0 heterocycles. The van der Waals surface area contributed by atoms with E-state index in [0.29, 0.717) is 32.1 Å². The summed E-state index contributed by atoms with van der Waals surface area (Å²) >= 11 is 0. The zero-order valence-corrected chi connectivity index (χ0v) is 36.8. The molecule has 0 aromatic rings. The highest BCUT2D eigenvalue weighted by Crippen LogP contribution is 2.43. The molecule has 0 saturated heterocycles. The van der Waals surface area contributed by atoms with Crippen molar-refractivity contribution in [1.29, 1.82) is 0 Å². The summed E-state index contributed by atoms with van der Waals surface area (Å²) in [5, 5.41) is 39.1.